The van der Waals surface area contributed by atoms with Crippen LogP contribution in [0.1, 0.15) is 71.1 Å². The number of carboxylic acid groups (broad SMARTS) is 1. The second-order valence-electron chi connectivity index (χ2n) is 7.09. The minimum Gasteiger partial charge on any atom is -0.481 e. The Balaban J connectivity index is 1.74. The molecule has 2 aliphatic heterocycles. The standard InChI is InChI=1S/C20H32N2O2/c1-2-3-4-5-6-9-12-16-17(19-15-18(16)22(19)21)13-10-7-8-11-14-20(23)24/h7,9-10,12,16-18,21H,2-6,8,11,13-15H2,1H3,(H,23,24)/t16-,17-,18?/m1/s1. The number of rotatable bonds is 12. The minimum atomic E-state index is -0.718. The second kappa shape index (κ2) is 9.65. The van der Waals surface area contributed by atoms with Crippen molar-refractivity contribution in [2.75, 3.05) is 0 Å². The number of hydrogen-bond donors (Lipinski definition) is 1. The SMILES string of the molecule is CCCCCCC=C[C@H]1C2CC(=[N+]2[NH-])[C@@H]1CC=CCCCC(=O)O. The van der Waals surface area contributed by atoms with Crippen molar-refractivity contribution >= 4 is 11.7 Å². The van der Waals surface area contributed by atoms with E-state index in [9.17, 15) is 4.79 Å². The molecule has 2 bridgehead atoms. The van der Waals surface area contributed by atoms with Crippen LogP contribution in [0, 0.1) is 11.8 Å². The first-order chi connectivity index (χ1) is 11.6. The van der Waals surface area contributed by atoms with E-state index < -0.39 is 5.97 Å². The molecule has 24 heavy (non-hydrogen) atoms. The molecule has 2 heterocycles. The lowest BCUT2D eigenvalue weighted by Gasteiger charge is -2.20. The van der Waals surface area contributed by atoms with Crippen molar-refractivity contribution in [3.63, 3.8) is 0 Å². The molecule has 0 radical (unpaired) electrons. The van der Waals surface area contributed by atoms with Crippen LogP contribution in [0.4, 0.5) is 0 Å². The van der Waals surface area contributed by atoms with E-state index >= 15 is 0 Å². The highest BCUT2D eigenvalue weighted by atomic mass is 16.4. The Labute approximate surface area is 146 Å². The second-order valence-corrected chi connectivity index (χ2v) is 7.09. The Bertz CT molecular complexity index is 508. The van der Waals surface area contributed by atoms with Gasteiger partial charge in [-0.15, -0.1) is 0 Å². The zero-order valence-corrected chi connectivity index (χ0v) is 14.9. The minimum absolute atomic E-state index is 0.247. The summed E-state index contributed by atoms with van der Waals surface area (Å²) in [6.07, 6.45) is 19.2. The van der Waals surface area contributed by atoms with Gasteiger partial charge in [0.2, 0.25) is 0 Å². The van der Waals surface area contributed by atoms with Crippen LogP contribution in [-0.2, 0) is 4.79 Å². The van der Waals surface area contributed by atoms with Crippen LogP contribution in [0.15, 0.2) is 24.3 Å². The Morgan fingerprint density at radius 1 is 1.21 bits per heavy atom. The molecule has 4 nitrogen and oxygen atoms in total. The van der Waals surface area contributed by atoms with Crippen molar-refractivity contribution < 1.29 is 14.6 Å². The van der Waals surface area contributed by atoms with Gasteiger partial charge in [-0.25, -0.2) is 0 Å². The van der Waals surface area contributed by atoms with Gasteiger partial charge in [-0.3, -0.25) is 9.48 Å². The quantitative estimate of drug-likeness (QED) is 0.305. The highest BCUT2D eigenvalue weighted by molar-refractivity contribution is 5.89. The summed E-state index contributed by atoms with van der Waals surface area (Å²) in [5.74, 6) is 8.34. The first-order valence-electron chi connectivity index (χ1n) is 9.54. The van der Waals surface area contributed by atoms with Crippen molar-refractivity contribution in [1.29, 1.82) is 0 Å². The summed E-state index contributed by atoms with van der Waals surface area (Å²) in [5.41, 5.74) is 1.29. The van der Waals surface area contributed by atoms with Crippen LogP contribution in [-0.4, -0.2) is 27.5 Å². The van der Waals surface area contributed by atoms with Gasteiger partial charge in [0.05, 0.1) is 18.3 Å². The molecule has 3 atom stereocenters. The van der Waals surface area contributed by atoms with E-state index in [0.29, 0.717) is 24.3 Å². The number of nitrogens with zero attached hydrogens (tertiary/aromatic N) is 1. The van der Waals surface area contributed by atoms with Crippen LogP contribution in [0.25, 0.3) is 5.84 Å². The van der Waals surface area contributed by atoms with Crippen LogP contribution < -0.4 is 0 Å². The Hall–Kier alpha value is -1.58. The van der Waals surface area contributed by atoms with Crippen molar-refractivity contribution in [3.8, 4) is 0 Å². The van der Waals surface area contributed by atoms with Crippen molar-refractivity contribution in [1.82, 2.24) is 0 Å². The summed E-state index contributed by atoms with van der Waals surface area (Å²) < 4.78 is 1.73. The normalized spacial score (nSPS) is 25.8. The van der Waals surface area contributed by atoms with E-state index in [1.165, 1.54) is 31.4 Å². The average Bonchev–Trinajstić information content (AvgIpc) is 3.04. The van der Waals surface area contributed by atoms with Gasteiger partial charge in [-0.05, 0) is 32.1 Å². The fourth-order valence-electron chi connectivity index (χ4n) is 3.86. The molecule has 0 spiro atoms. The fourth-order valence-corrected chi connectivity index (χ4v) is 3.86. The van der Waals surface area contributed by atoms with E-state index in [0.717, 1.165) is 25.7 Å². The fraction of sp³-hybridized carbons (Fsp3) is 0.700. The predicted molar refractivity (Wildman–Crippen MR) is 98.1 cm³/mol. The Morgan fingerprint density at radius 3 is 2.71 bits per heavy atom. The molecule has 1 unspecified atom stereocenters. The van der Waals surface area contributed by atoms with E-state index in [1.807, 2.05) is 0 Å². The molecular weight excluding hydrogens is 300 g/mol. The number of allylic oxidation sites excluding steroid dienone is 3. The molecule has 0 saturated heterocycles. The van der Waals surface area contributed by atoms with Crippen molar-refractivity contribution in [3.05, 3.63) is 30.1 Å². The predicted octanol–water partition coefficient (Wildman–Crippen LogP) is 5.15. The van der Waals surface area contributed by atoms with Gasteiger partial charge in [0.1, 0.15) is 0 Å². The Morgan fingerprint density at radius 2 is 2.00 bits per heavy atom. The van der Waals surface area contributed by atoms with E-state index in [4.69, 9.17) is 10.9 Å². The monoisotopic (exact) mass is 332 g/mol. The third-order valence-corrected chi connectivity index (χ3v) is 5.30. The molecule has 3 rings (SSSR count). The third-order valence-electron chi connectivity index (χ3n) is 5.30. The topological polar surface area (TPSA) is 64.1 Å². The zero-order valence-electron chi connectivity index (χ0n) is 14.9. The Kier molecular flexibility index (Phi) is 7.54. The maximum Gasteiger partial charge on any atom is 0.303 e. The number of fused-ring (bicyclic) bond motifs is 1. The lowest BCUT2D eigenvalue weighted by atomic mass is 9.91. The summed E-state index contributed by atoms with van der Waals surface area (Å²) in [6, 6.07) is 0.386. The van der Waals surface area contributed by atoms with Gasteiger partial charge in [-0.1, -0.05) is 50.5 Å². The molecule has 1 saturated carbocycles. The molecule has 0 amide bonds. The lowest BCUT2D eigenvalue weighted by molar-refractivity contribution is -0.524. The number of carbonyl (C=O) groups is 1. The van der Waals surface area contributed by atoms with Crippen LogP contribution >= 0.6 is 0 Å². The number of carboxylic acids is 1. The highest BCUT2D eigenvalue weighted by Crippen LogP contribution is 2.43. The van der Waals surface area contributed by atoms with Gasteiger partial charge in [-0.2, -0.15) is 0 Å². The molecule has 0 aromatic rings. The smallest absolute Gasteiger partial charge is 0.303 e. The van der Waals surface area contributed by atoms with Crippen LogP contribution in [0.2, 0.25) is 0 Å². The number of hydrogen-bond acceptors (Lipinski definition) is 1. The summed E-state index contributed by atoms with van der Waals surface area (Å²) in [6.45, 7) is 2.24. The van der Waals surface area contributed by atoms with E-state index in [1.54, 1.807) is 4.68 Å². The van der Waals surface area contributed by atoms with Crippen LogP contribution in [0.5, 0.6) is 0 Å². The summed E-state index contributed by atoms with van der Waals surface area (Å²) in [4.78, 5) is 10.5. The molecule has 0 aromatic heterocycles. The maximum absolute atomic E-state index is 10.5. The largest absolute Gasteiger partial charge is 0.481 e. The first-order valence-corrected chi connectivity index (χ1v) is 9.54. The molecule has 1 fully saturated rings. The number of aliphatic carboxylic acids is 1. The first kappa shape index (κ1) is 18.8. The highest BCUT2D eigenvalue weighted by Gasteiger charge is 2.54. The van der Waals surface area contributed by atoms with Crippen LogP contribution in [0.3, 0.4) is 0 Å². The molecule has 0 aromatic carbocycles. The average molecular weight is 332 g/mol. The van der Waals surface area contributed by atoms with Gasteiger partial charge in [0, 0.05) is 6.42 Å². The van der Waals surface area contributed by atoms with Gasteiger partial charge in [0.15, 0.2) is 11.8 Å². The van der Waals surface area contributed by atoms with Crippen molar-refractivity contribution in [2.24, 2.45) is 11.8 Å². The van der Waals surface area contributed by atoms with Gasteiger partial charge >= 0.3 is 5.97 Å². The molecule has 134 valence electrons. The summed E-state index contributed by atoms with van der Waals surface area (Å²) in [7, 11) is 0. The lowest BCUT2D eigenvalue weighted by Crippen LogP contribution is -2.32. The van der Waals surface area contributed by atoms with E-state index in [-0.39, 0.29) is 6.42 Å². The maximum atomic E-state index is 10.5. The van der Waals surface area contributed by atoms with Gasteiger partial charge in [0.25, 0.3) is 0 Å². The van der Waals surface area contributed by atoms with E-state index in [2.05, 4.69) is 31.2 Å². The summed E-state index contributed by atoms with van der Waals surface area (Å²) >= 11 is 0. The number of unbranched alkanes of at least 4 members (excludes halogenated alkanes) is 5. The molecular formula is C20H32N2O2. The van der Waals surface area contributed by atoms with Gasteiger partial charge < -0.3 is 10.9 Å². The zero-order chi connectivity index (χ0) is 17.4. The molecule has 3 aliphatic rings. The molecule has 1 aliphatic carbocycles. The third kappa shape index (κ3) is 4.96. The van der Waals surface area contributed by atoms with Crippen molar-refractivity contribution in [2.45, 2.75) is 77.2 Å². The molecule has 2 N–H and O–H groups in total. The molecule has 4 heteroatoms. The summed E-state index contributed by atoms with van der Waals surface area (Å²) in [5, 5.41) is 8.64. The number of nitrogens with one attached hydrogen (secondary N) is 1.